The van der Waals surface area contributed by atoms with Gasteiger partial charge in [0.2, 0.25) is 5.91 Å². The average molecular weight is 444 g/mol. The van der Waals surface area contributed by atoms with E-state index in [2.05, 4.69) is 16.9 Å². The van der Waals surface area contributed by atoms with E-state index in [-0.39, 0.29) is 35.1 Å². The second-order valence-corrected chi connectivity index (χ2v) is 11.1. The molecule has 2 aromatic rings. The topological polar surface area (TPSA) is 78.5 Å². The molecule has 2 aliphatic carbocycles. The first-order valence-electron chi connectivity index (χ1n) is 11.9. The lowest BCUT2D eigenvalue weighted by molar-refractivity contribution is -0.178. The summed E-state index contributed by atoms with van der Waals surface area (Å²) in [5.41, 5.74) is 0.722. The maximum atomic E-state index is 15.2. The predicted molar refractivity (Wildman–Crippen MR) is 120 cm³/mol. The van der Waals surface area contributed by atoms with Crippen LogP contribution in [0.15, 0.2) is 12.4 Å². The lowest BCUT2D eigenvalue weighted by atomic mass is 9.52. The number of rotatable bonds is 5. The van der Waals surface area contributed by atoms with Crippen molar-refractivity contribution >= 4 is 16.9 Å². The number of nitrogens with zero attached hydrogens (tertiary/aromatic N) is 2. The van der Waals surface area contributed by atoms with Crippen molar-refractivity contribution in [3.05, 3.63) is 23.8 Å². The molecule has 2 N–H and O–H groups in total. The van der Waals surface area contributed by atoms with Crippen LogP contribution >= 0.6 is 0 Å². The van der Waals surface area contributed by atoms with Crippen LogP contribution in [0.1, 0.15) is 77.7 Å². The van der Waals surface area contributed by atoms with E-state index >= 15 is 4.39 Å². The molecule has 3 aliphatic rings. The zero-order chi connectivity index (χ0) is 22.8. The monoisotopic (exact) mass is 443 g/mol. The Balaban J connectivity index is 1.37. The number of halogens is 1. The first-order valence-corrected chi connectivity index (χ1v) is 11.9. The van der Waals surface area contributed by atoms with E-state index in [0.29, 0.717) is 29.8 Å². The number of hydrogen-bond acceptors (Lipinski definition) is 4. The SMILES string of the molecule is CC(C)Oc1cnc2[nH]cc(C(C)CC(=O)N3CC4CCC5(O)CC3CC4(C)C5)c2c1F. The average Bonchev–Trinajstić information content (AvgIpc) is 3.12. The molecule has 3 heterocycles. The molecule has 1 saturated heterocycles. The molecule has 3 fully saturated rings. The van der Waals surface area contributed by atoms with Gasteiger partial charge in [0, 0.05) is 25.2 Å². The minimum Gasteiger partial charge on any atom is -0.486 e. The number of nitrogens with one attached hydrogen (secondary N) is 1. The molecule has 5 unspecified atom stereocenters. The van der Waals surface area contributed by atoms with Crippen molar-refractivity contribution in [3.63, 3.8) is 0 Å². The number of carbonyl (C=O) groups is 1. The number of piperidine rings is 1. The molecular weight excluding hydrogens is 409 g/mol. The van der Waals surface area contributed by atoms with Crippen LogP contribution in [0.2, 0.25) is 0 Å². The second kappa shape index (κ2) is 7.44. The van der Waals surface area contributed by atoms with Gasteiger partial charge < -0.3 is 19.7 Å². The Labute approximate surface area is 188 Å². The van der Waals surface area contributed by atoms with Gasteiger partial charge in [-0.1, -0.05) is 13.8 Å². The standard InChI is InChI=1S/C25H34FN3O3/c1-14(2)32-19-11-28-23-21(22(19)26)18(10-27-23)15(3)7-20(30)29-12-16-5-6-25(31)9-17(29)8-24(16,4)13-25/h10-11,14-17,31H,5-9,12-13H2,1-4H3,(H,27,28). The highest BCUT2D eigenvalue weighted by atomic mass is 19.1. The summed E-state index contributed by atoms with van der Waals surface area (Å²) < 4.78 is 20.8. The van der Waals surface area contributed by atoms with Gasteiger partial charge in [0.15, 0.2) is 11.6 Å². The highest BCUT2D eigenvalue weighted by Crippen LogP contribution is 2.57. The van der Waals surface area contributed by atoms with E-state index in [1.165, 1.54) is 6.20 Å². The smallest absolute Gasteiger partial charge is 0.223 e. The van der Waals surface area contributed by atoms with Crippen molar-refractivity contribution in [2.75, 3.05) is 6.54 Å². The molecule has 0 aromatic carbocycles. The number of amides is 1. The molecule has 5 rings (SSSR count). The Morgan fingerprint density at radius 2 is 2.19 bits per heavy atom. The van der Waals surface area contributed by atoms with Crippen LogP contribution in [0.25, 0.3) is 11.0 Å². The second-order valence-electron chi connectivity index (χ2n) is 11.1. The van der Waals surface area contributed by atoms with Crippen LogP contribution in [0.5, 0.6) is 5.75 Å². The number of ether oxygens (including phenoxy) is 1. The molecule has 2 saturated carbocycles. The maximum Gasteiger partial charge on any atom is 0.223 e. The van der Waals surface area contributed by atoms with E-state index in [0.717, 1.165) is 37.8 Å². The van der Waals surface area contributed by atoms with Crippen molar-refractivity contribution in [3.8, 4) is 5.75 Å². The molecule has 174 valence electrons. The summed E-state index contributed by atoms with van der Waals surface area (Å²) in [6.07, 6.45) is 7.66. The van der Waals surface area contributed by atoms with Crippen LogP contribution in [0.3, 0.4) is 0 Å². The molecule has 5 atom stereocenters. The number of aromatic nitrogens is 2. The third-order valence-corrected chi connectivity index (χ3v) is 8.18. The van der Waals surface area contributed by atoms with E-state index in [9.17, 15) is 9.90 Å². The van der Waals surface area contributed by atoms with Crippen LogP contribution in [-0.4, -0.2) is 50.2 Å². The fourth-order valence-electron chi connectivity index (χ4n) is 6.74. The van der Waals surface area contributed by atoms with Crippen molar-refractivity contribution in [2.24, 2.45) is 11.3 Å². The molecule has 32 heavy (non-hydrogen) atoms. The van der Waals surface area contributed by atoms with Gasteiger partial charge in [0.05, 0.1) is 23.3 Å². The molecule has 1 aliphatic heterocycles. The number of likely N-dealkylation sites (tertiary alicyclic amines) is 1. The minimum atomic E-state index is -0.628. The first-order chi connectivity index (χ1) is 15.1. The quantitative estimate of drug-likeness (QED) is 0.712. The minimum absolute atomic E-state index is 0.0954. The molecule has 6 nitrogen and oxygen atoms in total. The summed E-state index contributed by atoms with van der Waals surface area (Å²) in [7, 11) is 0. The summed E-state index contributed by atoms with van der Waals surface area (Å²) >= 11 is 0. The van der Waals surface area contributed by atoms with Gasteiger partial charge >= 0.3 is 0 Å². The Morgan fingerprint density at radius 3 is 2.94 bits per heavy atom. The summed E-state index contributed by atoms with van der Waals surface area (Å²) in [6, 6.07) is 0.0995. The summed E-state index contributed by atoms with van der Waals surface area (Å²) in [6.45, 7) is 8.72. The van der Waals surface area contributed by atoms with E-state index in [1.54, 1.807) is 6.20 Å². The van der Waals surface area contributed by atoms with E-state index < -0.39 is 11.4 Å². The molecule has 0 spiro atoms. The first kappa shape index (κ1) is 21.7. The molecule has 2 aromatic heterocycles. The Hall–Kier alpha value is -2.15. The molecule has 1 amide bonds. The molecular formula is C25H34FN3O3. The van der Waals surface area contributed by atoms with Crippen molar-refractivity contribution < 1.29 is 19.0 Å². The van der Waals surface area contributed by atoms with Crippen molar-refractivity contribution in [2.45, 2.75) is 89.9 Å². The van der Waals surface area contributed by atoms with Crippen LogP contribution in [0, 0.1) is 17.2 Å². The zero-order valence-electron chi connectivity index (χ0n) is 19.4. The Morgan fingerprint density at radius 1 is 1.41 bits per heavy atom. The number of H-pyrrole nitrogens is 1. The normalized spacial score (nSPS) is 32.5. The lowest BCUT2D eigenvalue weighted by Gasteiger charge is -2.61. The number of aromatic amines is 1. The molecule has 0 radical (unpaired) electrons. The fourth-order valence-corrected chi connectivity index (χ4v) is 6.74. The maximum absolute atomic E-state index is 15.2. The summed E-state index contributed by atoms with van der Waals surface area (Å²) in [5.74, 6) is 0.0783. The highest BCUT2D eigenvalue weighted by molar-refractivity contribution is 5.84. The molecule has 7 heteroatoms. The van der Waals surface area contributed by atoms with Crippen LogP contribution in [-0.2, 0) is 4.79 Å². The Kier molecular flexibility index (Phi) is 5.04. The van der Waals surface area contributed by atoms with Crippen LogP contribution in [0.4, 0.5) is 4.39 Å². The largest absolute Gasteiger partial charge is 0.486 e. The Bertz CT molecular complexity index is 1050. The lowest BCUT2D eigenvalue weighted by Crippen LogP contribution is -2.64. The van der Waals surface area contributed by atoms with Gasteiger partial charge in [-0.15, -0.1) is 0 Å². The van der Waals surface area contributed by atoms with Crippen molar-refractivity contribution in [1.29, 1.82) is 0 Å². The van der Waals surface area contributed by atoms with Gasteiger partial charge in [-0.3, -0.25) is 4.79 Å². The van der Waals surface area contributed by atoms with Gasteiger partial charge in [0.25, 0.3) is 0 Å². The number of pyridine rings is 1. The number of fused-ring (bicyclic) bond motifs is 3. The van der Waals surface area contributed by atoms with E-state index in [1.807, 2.05) is 25.7 Å². The third-order valence-electron chi connectivity index (χ3n) is 8.18. The van der Waals surface area contributed by atoms with Gasteiger partial charge in [-0.05, 0) is 68.8 Å². The molecule has 3 bridgehead atoms. The highest BCUT2D eigenvalue weighted by Gasteiger charge is 2.57. The van der Waals surface area contributed by atoms with Gasteiger partial charge in [-0.2, -0.15) is 0 Å². The third kappa shape index (κ3) is 3.49. The zero-order valence-corrected chi connectivity index (χ0v) is 19.4. The van der Waals surface area contributed by atoms with Crippen LogP contribution < -0.4 is 4.74 Å². The summed E-state index contributed by atoms with van der Waals surface area (Å²) in [4.78, 5) is 22.8. The predicted octanol–water partition coefficient (Wildman–Crippen LogP) is 4.52. The number of hydrogen-bond donors (Lipinski definition) is 2. The fraction of sp³-hybridized carbons (Fsp3) is 0.680. The summed E-state index contributed by atoms with van der Waals surface area (Å²) in [5, 5.41) is 11.5. The number of carbonyl (C=O) groups excluding carboxylic acids is 1. The number of aliphatic hydroxyl groups is 1. The van der Waals surface area contributed by atoms with Gasteiger partial charge in [-0.25, -0.2) is 9.37 Å². The van der Waals surface area contributed by atoms with E-state index in [4.69, 9.17) is 4.74 Å². The van der Waals surface area contributed by atoms with Gasteiger partial charge in [0.1, 0.15) is 5.65 Å². The van der Waals surface area contributed by atoms with Crippen molar-refractivity contribution in [1.82, 2.24) is 14.9 Å².